The third-order valence-electron chi connectivity index (χ3n) is 3.32. The van der Waals surface area contributed by atoms with Crippen molar-refractivity contribution in [2.45, 2.75) is 20.4 Å². The van der Waals surface area contributed by atoms with Crippen LogP contribution in [0.1, 0.15) is 18.1 Å². The lowest BCUT2D eigenvalue weighted by Gasteiger charge is -2.15. The highest BCUT2D eigenvalue weighted by Crippen LogP contribution is 2.34. The number of anilines is 1. The van der Waals surface area contributed by atoms with Gasteiger partial charge in [-0.2, -0.15) is 0 Å². The Labute approximate surface area is 150 Å². The standard InChI is InChI=1S/C17H19ClINO2/c1-4-22-16-9-12(8-14(19)17(16)21-3)10-20-15-7-5-6-13(18)11(15)2/h5-9,20H,4,10H2,1-3H3. The molecule has 22 heavy (non-hydrogen) atoms. The van der Waals surface area contributed by atoms with Gasteiger partial charge in [0, 0.05) is 17.3 Å². The lowest BCUT2D eigenvalue weighted by molar-refractivity contribution is 0.309. The number of nitrogens with one attached hydrogen (secondary N) is 1. The van der Waals surface area contributed by atoms with Gasteiger partial charge in [0.2, 0.25) is 0 Å². The Hall–Kier alpha value is -1.14. The van der Waals surface area contributed by atoms with Crippen molar-refractivity contribution in [3.05, 3.63) is 50.1 Å². The van der Waals surface area contributed by atoms with Crippen LogP contribution >= 0.6 is 34.2 Å². The maximum absolute atomic E-state index is 6.15. The molecule has 0 amide bonds. The second-order valence-electron chi connectivity index (χ2n) is 4.81. The summed E-state index contributed by atoms with van der Waals surface area (Å²) in [5.41, 5.74) is 3.22. The average Bonchev–Trinajstić information content (AvgIpc) is 2.49. The van der Waals surface area contributed by atoms with Crippen molar-refractivity contribution in [3.8, 4) is 11.5 Å². The van der Waals surface area contributed by atoms with E-state index in [4.69, 9.17) is 21.1 Å². The van der Waals surface area contributed by atoms with Gasteiger partial charge in [-0.15, -0.1) is 0 Å². The lowest BCUT2D eigenvalue weighted by Crippen LogP contribution is -2.04. The highest BCUT2D eigenvalue weighted by Gasteiger charge is 2.11. The van der Waals surface area contributed by atoms with E-state index in [0.29, 0.717) is 13.2 Å². The largest absolute Gasteiger partial charge is 0.492 e. The molecular weight excluding hydrogens is 413 g/mol. The van der Waals surface area contributed by atoms with E-state index in [-0.39, 0.29) is 0 Å². The SMILES string of the molecule is CCOc1cc(CNc2cccc(Cl)c2C)cc(I)c1OC. The Morgan fingerprint density at radius 2 is 2.05 bits per heavy atom. The molecule has 0 aliphatic carbocycles. The predicted molar refractivity (Wildman–Crippen MR) is 100 cm³/mol. The monoisotopic (exact) mass is 431 g/mol. The van der Waals surface area contributed by atoms with E-state index in [9.17, 15) is 0 Å². The minimum absolute atomic E-state index is 0.608. The van der Waals surface area contributed by atoms with E-state index in [0.717, 1.165) is 36.9 Å². The molecule has 2 rings (SSSR count). The minimum atomic E-state index is 0.608. The van der Waals surface area contributed by atoms with Crippen LogP contribution in [0.4, 0.5) is 5.69 Å². The predicted octanol–water partition coefficient (Wildman–Crippen LogP) is 5.27. The van der Waals surface area contributed by atoms with E-state index in [1.54, 1.807) is 7.11 Å². The third-order valence-corrected chi connectivity index (χ3v) is 4.53. The summed E-state index contributed by atoms with van der Waals surface area (Å²) in [6.45, 7) is 5.28. The number of ether oxygens (including phenoxy) is 2. The van der Waals surface area contributed by atoms with Crippen LogP contribution in [0.15, 0.2) is 30.3 Å². The van der Waals surface area contributed by atoms with Gasteiger partial charge in [-0.1, -0.05) is 17.7 Å². The second-order valence-corrected chi connectivity index (χ2v) is 6.38. The fourth-order valence-electron chi connectivity index (χ4n) is 2.18. The Kier molecular flexibility index (Phi) is 6.20. The Morgan fingerprint density at radius 1 is 1.27 bits per heavy atom. The summed E-state index contributed by atoms with van der Waals surface area (Å²) in [5.74, 6) is 1.56. The molecule has 0 bridgehead atoms. The number of methoxy groups -OCH3 is 1. The molecule has 118 valence electrons. The van der Waals surface area contributed by atoms with Crippen LogP contribution in [0.25, 0.3) is 0 Å². The molecule has 0 spiro atoms. The third kappa shape index (κ3) is 3.98. The summed E-state index contributed by atoms with van der Waals surface area (Å²) >= 11 is 8.41. The fourth-order valence-corrected chi connectivity index (χ4v) is 3.24. The smallest absolute Gasteiger partial charge is 0.174 e. The van der Waals surface area contributed by atoms with E-state index in [2.05, 4.69) is 34.0 Å². The van der Waals surface area contributed by atoms with Crippen molar-refractivity contribution in [1.82, 2.24) is 0 Å². The van der Waals surface area contributed by atoms with Gasteiger partial charge in [0.1, 0.15) is 0 Å². The van der Waals surface area contributed by atoms with Crippen LogP contribution in [-0.2, 0) is 6.54 Å². The van der Waals surface area contributed by atoms with Crippen LogP contribution < -0.4 is 14.8 Å². The number of hydrogen-bond acceptors (Lipinski definition) is 3. The summed E-state index contributed by atoms with van der Waals surface area (Å²) in [6.07, 6.45) is 0. The normalized spacial score (nSPS) is 10.4. The summed E-state index contributed by atoms with van der Waals surface area (Å²) in [6, 6.07) is 9.97. The van der Waals surface area contributed by atoms with Crippen LogP contribution in [0.5, 0.6) is 11.5 Å². The van der Waals surface area contributed by atoms with Gasteiger partial charge >= 0.3 is 0 Å². The molecule has 0 saturated heterocycles. The molecule has 3 nitrogen and oxygen atoms in total. The Morgan fingerprint density at radius 3 is 2.73 bits per heavy atom. The van der Waals surface area contributed by atoms with Gasteiger partial charge in [-0.3, -0.25) is 0 Å². The minimum Gasteiger partial charge on any atom is -0.492 e. The Bertz CT molecular complexity index is 661. The van der Waals surface area contributed by atoms with Crippen molar-refractivity contribution in [2.75, 3.05) is 19.0 Å². The van der Waals surface area contributed by atoms with Gasteiger partial charge < -0.3 is 14.8 Å². The number of rotatable bonds is 6. The van der Waals surface area contributed by atoms with Crippen molar-refractivity contribution >= 4 is 39.9 Å². The summed E-state index contributed by atoms with van der Waals surface area (Å²) < 4.78 is 12.1. The van der Waals surface area contributed by atoms with E-state index >= 15 is 0 Å². The molecule has 0 aromatic heterocycles. The van der Waals surface area contributed by atoms with Crippen LogP contribution in [-0.4, -0.2) is 13.7 Å². The van der Waals surface area contributed by atoms with Crippen LogP contribution in [0, 0.1) is 10.5 Å². The van der Waals surface area contributed by atoms with E-state index in [1.807, 2.05) is 38.1 Å². The second kappa shape index (κ2) is 7.92. The quantitative estimate of drug-likeness (QED) is 0.632. The first-order valence-electron chi connectivity index (χ1n) is 7.05. The van der Waals surface area contributed by atoms with Gasteiger partial charge in [0.25, 0.3) is 0 Å². The van der Waals surface area contributed by atoms with Crippen molar-refractivity contribution < 1.29 is 9.47 Å². The number of benzene rings is 2. The maximum Gasteiger partial charge on any atom is 0.174 e. The molecule has 0 fully saturated rings. The Balaban J connectivity index is 2.21. The fraction of sp³-hybridized carbons (Fsp3) is 0.294. The molecule has 0 unspecified atom stereocenters. The van der Waals surface area contributed by atoms with Crippen molar-refractivity contribution in [1.29, 1.82) is 0 Å². The summed E-state index contributed by atoms with van der Waals surface area (Å²) in [4.78, 5) is 0. The van der Waals surface area contributed by atoms with Crippen molar-refractivity contribution in [2.24, 2.45) is 0 Å². The molecule has 0 saturated carbocycles. The number of halogens is 2. The average molecular weight is 432 g/mol. The summed E-state index contributed by atoms with van der Waals surface area (Å²) in [5, 5.41) is 4.19. The molecule has 0 radical (unpaired) electrons. The van der Waals surface area contributed by atoms with Gasteiger partial charge in [0.15, 0.2) is 11.5 Å². The maximum atomic E-state index is 6.15. The first kappa shape index (κ1) is 17.2. The molecule has 5 heteroatoms. The van der Waals surface area contributed by atoms with Crippen LogP contribution in [0.3, 0.4) is 0 Å². The van der Waals surface area contributed by atoms with E-state index in [1.165, 1.54) is 0 Å². The zero-order valence-electron chi connectivity index (χ0n) is 12.9. The van der Waals surface area contributed by atoms with Gasteiger partial charge in [-0.25, -0.2) is 0 Å². The molecule has 0 aliphatic rings. The lowest BCUT2D eigenvalue weighted by atomic mass is 10.1. The first-order valence-corrected chi connectivity index (χ1v) is 8.50. The zero-order valence-corrected chi connectivity index (χ0v) is 15.8. The number of hydrogen-bond donors (Lipinski definition) is 1. The molecule has 0 aliphatic heterocycles. The molecule has 2 aromatic carbocycles. The van der Waals surface area contributed by atoms with Crippen molar-refractivity contribution in [3.63, 3.8) is 0 Å². The van der Waals surface area contributed by atoms with Gasteiger partial charge in [-0.05, 0) is 71.8 Å². The first-order chi connectivity index (χ1) is 10.6. The molecule has 1 N–H and O–H groups in total. The molecule has 0 atom stereocenters. The zero-order chi connectivity index (χ0) is 16.1. The van der Waals surface area contributed by atoms with Gasteiger partial charge in [0.05, 0.1) is 17.3 Å². The van der Waals surface area contributed by atoms with Crippen LogP contribution in [0.2, 0.25) is 5.02 Å². The van der Waals surface area contributed by atoms with E-state index < -0.39 is 0 Å². The molecule has 0 heterocycles. The molecule has 2 aromatic rings. The highest BCUT2D eigenvalue weighted by molar-refractivity contribution is 14.1. The highest BCUT2D eigenvalue weighted by atomic mass is 127. The topological polar surface area (TPSA) is 30.5 Å². The summed E-state index contributed by atoms with van der Waals surface area (Å²) in [7, 11) is 1.66. The molecular formula is C17H19ClINO2.